The van der Waals surface area contributed by atoms with Crippen molar-refractivity contribution in [2.75, 3.05) is 0 Å². The SMILES string of the molecule is CC1(C)C2=CC=C1C=C2.N. The maximum Gasteiger partial charge on any atom is 0.0146 e. The molecule has 0 spiro atoms. The predicted octanol–water partition coefficient (Wildman–Crippen LogP) is 2.61. The van der Waals surface area contributed by atoms with E-state index in [2.05, 4.69) is 38.2 Å². The van der Waals surface area contributed by atoms with Crippen LogP contribution < -0.4 is 6.15 Å². The Morgan fingerprint density at radius 1 is 1.00 bits per heavy atom. The van der Waals surface area contributed by atoms with Crippen LogP contribution in [0.4, 0.5) is 0 Å². The molecule has 2 bridgehead atoms. The Morgan fingerprint density at radius 2 is 1.40 bits per heavy atom. The van der Waals surface area contributed by atoms with E-state index in [0.717, 1.165) is 0 Å². The summed E-state index contributed by atoms with van der Waals surface area (Å²) in [6.07, 6.45) is 8.81. The topological polar surface area (TPSA) is 35.0 Å². The Kier molecular flexibility index (Phi) is 1.33. The molecule has 10 heavy (non-hydrogen) atoms. The highest BCUT2D eigenvalue weighted by atomic mass is 14.4. The fraction of sp³-hybridized carbons (Fsp3) is 0.333. The minimum Gasteiger partial charge on any atom is -0.344 e. The van der Waals surface area contributed by atoms with Crippen LogP contribution in [-0.4, -0.2) is 0 Å². The van der Waals surface area contributed by atoms with E-state index in [0.29, 0.717) is 5.41 Å². The summed E-state index contributed by atoms with van der Waals surface area (Å²) >= 11 is 0. The van der Waals surface area contributed by atoms with Gasteiger partial charge in [0, 0.05) is 5.41 Å². The van der Waals surface area contributed by atoms with E-state index in [-0.39, 0.29) is 6.15 Å². The quantitative estimate of drug-likeness (QED) is 0.544. The van der Waals surface area contributed by atoms with Crippen molar-refractivity contribution in [1.82, 2.24) is 6.15 Å². The molecule has 0 amide bonds. The van der Waals surface area contributed by atoms with E-state index < -0.39 is 0 Å². The van der Waals surface area contributed by atoms with Gasteiger partial charge in [-0.1, -0.05) is 38.2 Å². The molecule has 2 aliphatic rings. The molecule has 0 heterocycles. The van der Waals surface area contributed by atoms with E-state index in [4.69, 9.17) is 0 Å². The average Bonchev–Trinajstić information content (AvgIpc) is 2.24. The Balaban J connectivity index is 0.000000500. The molecule has 1 heteroatoms. The molecule has 3 N–H and O–H groups in total. The molecular weight excluding hydrogens is 122 g/mol. The van der Waals surface area contributed by atoms with Gasteiger partial charge in [-0.25, -0.2) is 0 Å². The average molecular weight is 135 g/mol. The molecule has 0 unspecified atom stereocenters. The van der Waals surface area contributed by atoms with Gasteiger partial charge in [0.2, 0.25) is 0 Å². The van der Waals surface area contributed by atoms with Crippen LogP contribution in [0, 0.1) is 5.41 Å². The minimum absolute atomic E-state index is 0. The Morgan fingerprint density at radius 3 is 1.50 bits per heavy atom. The lowest BCUT2D eigenvalue weighted by atomic mass is 9.86. The molecular formula is C9H13N. The summed E-state index contributed by atoms with van der Waals surface area (Å²) in [5.74, 6) is 0. The summed E-state index contributed by atoms with van der Waals surface area (Å²) in [7, 11) is 0. The molecule has 1 nitrogen and oxygen atoms in total. The standard InChI is InChI=1S/C9H10.H3N/c1-9(2)7-3-4-8(9)6-5-7;/h3-6H,1-2H3;1H3. The highest BCUT2D eigenvalue weighted by Crippen LogP contribution is 2.45. The largest absolute Gasteiger partial charge is 0.344 e. The van der Waals surface area contributed by atoms with Gasteiger partial charge in [-0.15, -0.1) is 0 Å². The van der Waals surface area contributed by atoms with Crippen molar-refractivity contribution in [1.29, 1.82) is 0 Å². The molecule has 0 atom stereocenters. The first kappa shape index (κ1) is 7.29. The smallest absolute Gasteiger partial charge is 0.0146 e. The Bertz CT molecular complexity index is 217. The van der Waals surface area contributed by atoms with E-state index in [9.17, 15) is 0 Å². The molecule has 0 saturated carbocycles. The lowest BCUT2D eigenvalue weighted by Crippen LogP contribution is -2.06. The lowest BCUT2D eigenvalue weighted by Gasteiger charge is -2.17. The van der Waals surface area contributed by atoms with Gasteiger partial charge >= 0.3 is 0 Å². The molecule has 0 fully saturated rings. The van der Waals surface area contributed by atoms with Crippen LogP contribution in [0.3, 0.4) is 0 Å². The normalized spacial score (nSPS) is 23.8. The molecule has 0 aliphatic heterocycles. The second-order valence-corrected chi connectivity index (χ2v) is 3.20. The maximum atomic E-state index is 2.26. The second-order valence-electron chi connectivity index (χ2n) is 3.20. The van der Waals surface area contributed by atoms with Crippen molar-refractivity contribution in [2.24, 2.45) is 5.41 Å². The third-order valence-corrected chi connectivity index (χ3v) is 2.33. The number of rotatable bonds is 0. The first-order chi connectivity index (χ1) is 4.21. The molecule has 0 saturated heterocycles. The van der Waals surface area contributed by atoms with Crippen molar-refractivity contribution in [2.45, 2.75) is 13.8 Å². The van der Waals surface area contributed by atoms with Gasteiger partial charge < -0.3 is 6.15 Å². The summed E-state index contributed by atoms with van der Waals surface area (Å²) < 4.78 is 0. The van der Waals surface area contributed by atoms with Crippen molar-refractivity contribution < 1.29 is 0 Å². The van der Waals surface area contributed by atoms with E-state index in [1.807, 2.05) is 0 Å². The number of allylic oxidation sites excluding steroid dienone is 6. The summed E-state index contributed by atoms with van der Waals surface area (Å²) in [6, 6.07) is 0. The third-order valence-electron chi connectivity index (χ3n) is 2.33. The van der Waals surface area contributed by atoms with E-state index in [1.165, 1.54) is 11.1 Å². The highest BCUT2D eigenvalue weighted by molar-refractivity contribution is 5.56. The fourth-order valence-corrected chi connectivity index (χ4v) is 1.47. The summed E-state index contributed by atoms with van der Waals surface area (Å²) in [4.78, 5) is 0. The zero-order chi connectivity index (χ0) is 6.48. The second kappa shape index (κ2) is 1.83. The molecule has 54 valence electrons. The van der Waals surface area contributed by atoms with E-state index in [1.54, 1.807) is 0 Å². The maximum absolute atomic E-state index is 2.26. The number of hydrogen-bond donors (Lipinski definition) is 1. The Labute approximate surface area is 61.7 Å². The van der Waals surface area contributed by atoms with Crippen molar-refractivity contribution in [3.05, 3.63) is 35.5 Å². The zero-order valence-electron chi connectivity index (χ0n) is 6.52. The third kappa shape index (κ3) is 0.611. The van der Waals surface area contributed by atoms with Gasteiger partial charge in [0.15, 0.2) is 0 Å². The van der Waals surface area contributed by atoms with Crippen molar-refractivity contribution >= 4 is 0 Å². The van der Waals surface area contributed by atoms with Gasteiger partial charge in [0.25, 0.3) is 0 Å². The van der Waals surface area contributed by atoms with Gasteiger partial charge in [0.05, 0.1) is 0 Å². The number of hydrogen-bond acceptors (Lipinski definition) is 1. The monoisotopic (exact) mass is 135 g/mol. The lowest BCUT2D eigenvalue weighted by molar-refractivity contribution is 0.593. The summed E-state index contributed by atoms with van der Waals surface area (Å²) in [6.45, 7) is 4.52. The summed E-state index contributed by atoms with van der Waals surface area (Å²) in [5.41, 5.74) is 3.25. The van der Waals surface area contributed by atoms with Crippen molar-refractivity contribution in [3.8, 4) is 0 Å². The highest BCUT2D eigenvalue weighted by Gasteiger charge is 2.31. The molecule has 0 aromatic rings. The molecule has 0 radical (unpaired) electrons. The van der Waals surface area contributed by atoms with Crippen LogP contribution in [0.5, 0.6) is 0 Å². The fourth-order valence-electron chi connectivity index (χ4n) is 1.47. The van der Waals surface area contributed by atoms with Gasteiger partial charge in [-0.05, 0) is 11.1 Å². The van der Waals surface area contributed by atoms with Crippen LogP contribution in [0.25, 0.3) is 0 Å². The van der Waals surface area contributed by atoms with Crippen LogP contribution in [0.15, 0.2) is 35.5 Å². The molecule has 0 aromatic heterocycles. The van der Waals surface area contributed by atoms with Crippen LogP contribution in [-0.2, 0) is 0 Å². The Hall–Kier alpha value is -0.820. The van der Waals surface area contributed by atoms with Gasteiger partial charge in [0.1, 0.15) is 0 Å². The molecule has 2 rings (SSSR count). The molecule has 2 aliphatic carbocycles. The van der Waals surface area contributed by atoms with Crippen LogP contribution in [0.1, 0.15) is 13.8 Å². The zero-order valence-corrected chi connectivity index (χ0v) is 6.52. The number of fused-ring (bicyclic) bond motifs is 2. The van der Waals surface area contributed by atoms with Gasteiger partial charge in [-0.3, -0.25) is 0 Å². The first-order valence-electron chi connectivity index (χ1n) is 3.32. The minimum atomic E-state index is 0. The van der Waals surface area contributed by atoms with Crippen LogP contribution >= 0.6 is 0 Å². The first-order valence-corrected chi connectivity index (χ1v) is 3.32. The predicted molar refractivity (Wildman–Crippen MR) is 44.1 cm³/mol. The summed E-state index contributed by atoms with van der Waals surface area (Å²) in [5, 5.41) is 0. The van der Waals surface area contributed by atoms with E-state index >= 15 is 0 Å². The van der Waals surface area contributed by atoms with Gasteiger partial charge in [-0.2, -0.15) is 0 Å². The van der Waals surface area contributed by atoms with Crippen molar-refractivity contribution in [3.63, 3.8) is 0 Å². The van der Waals surface area contributed by atoms with Crippen LogP contribution in [0.2, 0.25) is 0 Å². The molecule has 0 aromatic carbocycles.